The van der Waals surface area contributed by atoms with Crippen molar-refractivity contribution in [2.24, 2.45) is 0 Å². The molecule has 0 bridgehead atoms. The van der Waals surface area contributed by atoms with E-state index < -0.39 is 0 Å². The summed E-state index contributed by atoms with van der Waals surface area (Å²) in [5, 5.41) is 3.20. The molecular weight excluding hydrogens is 316 g/mol. The molecule has 2 atom stereocenters. The fraction of sp³-hybridized carbons (Fsp3) is 0.650. The van der Waals surface area contributed by atoms with E-state index in [2.05, 4.69) is 48.3 Å². The van der Waals surface area contributed by atoms with E-state index in [1.165, 1.54) is 5.56 Å². The van der Waals surface area contributed by atoms with Crippen molar-refractivity contribution in [3.63, 3.8) is 0 Å². The fourth-order valence-corrected chi connectivity index (χ4v) is 3.82. The minimum absolute atomic E-state index is 0.0148. The zero-order chi connectivity index (χ0) is 17.7. The number of benzene rings is 1. The van der Waals surface area contributed by atoms with Crippen molar-refractivity contribution in [2.75, 3.05) is 39.5 Å². The van der Waals surface area contributed by atoms with Gasteiger partial charge in [-0.05, 0) is 32.3 Å². The van der Waals surface area contributed by atoms with Crippen LogP contribution in [-0.2, 0) is 19.7 Å². The van der Waals surface area contributed by atoms with Gasteiger partial charge in [-0.1, -0.05) is 30.3 Å². The maximum absolute atomic E-state index is 12.6. The van der Waals surface area contributed by atoms with Gasteiger partial charge >= 0.3 is 0 Å². The van der Waals surface area contributed by atoms with Gasteiger partial charge in [0.05, 0.1) is 19.3 Å². The van der Waals surface area contributed by atoms with Gasteiger partial charge in [0.2, 0.25) is 5.91 Å². The number of hydrogen-bond acceptors (Lipinski definition) is 4. The minimum atomic E-state index is -0.0148. The molecular formula is C20H30N2O3. The van der Waals surface area contributed by atoms with Gasteiger partial charge in [0, 0.05) is 37.8 Å². The molecule has 0 radical (unpaired) electrons. The Morgan fingerprint density at radius 1 is 1.24 bits per heavy atom. The second-order valence-corrected chi connectivity index (χ2v) is 7.46. The van der Waals surface area contributed by atoms with E-state index in [0.29, 0.717) is 19.7 Å². The summed E-state index contributed by atoms with van der Waals surface area (Å²) in [6.45, 7) is 8.30. The lowest BCUT2D eigenvalue weighted by Crippen LogP contribution is -2.52. The van der Waals surface area contributed by atoms with Crippen LogP contribution in [0.2, 0.25) is 0 Å². The van der Waals surface area contributed by atoms with Crippen LogP contribution < -0.4 is 5.32 Å². The molecule has 3 rings (SSSR count). The lowest BCUT2D eigenvalue weighted by molar-refractivity contribution is -0.126. The molecule has 0 aromatic heterocycles. The molecule has 5 nitrogen and oxygen atoms in total. The second kappa shape index (κ2) is 8.30. The summed E-state index contributed by atoms with van der Waals surface area (Å²) in [5.74, 6) is 0.0998. The quantitative estimate of drug-likeness (QED) is 0.885. The van der Waals surface area contributed by atoms with Gasteiger partial charge in [0.15, 0.2) is 0 Å². The average Bonchev–Trinajstić information content (AvgIpc) is 2.65. The van der Waals surface area contributed by atoms with Crippen LogP contribution in [0.5, 0.6) is 0 Å². The van der Waals surface area contributed by atoms with Crippen LogP contribution in [0.25, 0.3) is 0 Å². The summed E-state index contributed by atoms with van der Waals surface area (Å²) in [7, 11) is 0. The van der Waals surface area contributed by atoms with Crippen molar-refractivity contribution in [2.45, 2.75) is 44.2 Å². The van der Waals surface area contributed by atoms with Gasteiger partial charge in [-0.25, -0.2) is 0 Å². The van der Waals surface area contributed by atoms with E-state index in [1.807, 2.05) is 6.07 Å². The number of morpholine rings is 1. The second-order valence-electron chi connectivity index (χ2n) is 7.46. The number of nitrogens with one attached hydrogen (secondary N) is 1. The molecule has 2 heterocycles. The number of nitrogens with zero attached hydrogens (tertiary/aromatic N) is 1. The van der Waals surface area contributed by atoms with Crippen molar-refractivity contribution in [3.05, 3.63) is 35.9 Å². The molecule has 1 amide bonds. The molecule has 1 aromatic carbocycles. The molecule has 25 heavy (non-hydrogen) atoms. The maximum atomic E-state index is 12.6. The molecule has 2 saturated heterocycles. The topological polar surface area (TPSA) is 50.8 Å². The highest BCUT2D eigenvalue weighted by Gasteiger charge is 2.35. The predicted octanol–water partition coefficient (Wildman–Crippen LogP) is 1.96. The van der Waals surface area contributed by atoms with Crippen LogP contribution in [0, 0.1) is 0 Å². The molecule has 2 fully saturated rings. The van der Waals surface area contributed by atoms with E-state index in [9.17, 15) is 4.79 Å². The molecule has 1 aromatic rings. The third kappa shape index (κ3) is 4.60. The first-order valence-corrected chi connectivity index (χ1v) is 9.35. The van der Waals surface area contributed by atoms with Crippen molar-refractivity contribution < 1.29 is 14.3 Å². The Labute approximate surface area is 150 Å². The Bertz CT molecular complexity index is 557. The number of carbonyl (C=O) groups is 1. The standard InChI is InChI=1S/C20H30N2O3/c1-16-14-25-17(2)12-22(16)13-19(23)21-15-20(8-10-24-11-9-20)18-6-4-3-5-7-18/h3-7,16-17H,8-15H2,1-2H3,(H,21,23)/t16-,17-/m0/s1. The van der Waals surface area contributed by atoms with Crippen LogP contribution in [-0.4, -0.2) is 62.4 Å². The monoisotopic (exact) mass is 346 g/mol. The largest absolute Gasteiger partial charge is 0.381 e. The Hall–Kier alpha value is -1.43. The first-order valence-electron chi connectivity index (χ1n) is 9.35. The maximum Gasteiger partial charge on any atom is 0.234 e. The third-order valence-corrected chi connectivity index (χ3v) is 5.54. The van der Waals surface area contributed by atoms with Gasteiger partial charge in [0.25, 0.3) is 0 Å². The molecule has 0 aliphatic carbocycles. The smallest absolute Gasteiger partial charge is 0.234 e. The average molecular weight is 346 g/mol. The molecule has 0 unspecified atom stereocenters. The number of hydrogen-bond donors (Lipinski definition) is 1. The zero-order valence-electron chi connectivity index (χ0n) is 15.4. The van der Waals surface area contributed by atoms with E-state index in [4.69, 9.17) is 9.47 Å². The molecule has 0 saturated carbocycles. The third-order valence-electron chi connectivity index (χ3n) is 5.54. The fourth-order valence-electron chi connectivity index (χ4n) is 3.82. The van der Waals surface area contributed by atoms with Crippen molar-refractivity contribution >= 4 is 5.91 Å². The van der Waals surface area contributed by atoms with Gasteiger partial charge in [0.1, 0.15) is 0 Å². The Kier molecular flexibility index (Phi) is 6.10. The molecule has 138 valence electrons. The SMILES string of the molecule is C[C@H]1CN(CC(=O)NCC2(c3ccccc3)CCOCC2)[C@@H](C)CO1. The number of rotatable bonds is 5. The minimum Gasteiger partial charge on any atom is -0.381 e. The van der Waals surface area contributed by atoms with Crippen LogP contribution in [0.4, 0.5) is 0 Å². The number of amides is 1. The highest BCUT2D eigenvalue weighted by molar-refractivity contribution is 5.78. The highest BCUT2D eigenvalue weighted by atomic mass is 16.5. The first-order chi connectivity index (χ1) is 12.1. The van der Waals surface area contributed by atoms with Crippen LogP contribution in [0.15, 0.2) is 30.3 Å². The van der Waals surface area contributed by atoms with Gasteiger partial charge < -0.3 is 14.8 Å². The first kappa shape index (κ1) is 18.4. The van der Waals surface area contributed by atoms with E-state index in [1.54, 1.807) is 0 Å². The van der Waals surface area contributed by atoms with Gasteiger partial charge in [-0.15, -0.1) is 0 Å². The Morgan fingerprint density at radius 2 is 1.96 bits per heavy atom. The Morgan fingerprint density at radius 3 is 2.68 bits per heavy atom. The number of carbonyl (C=O) groups excluding carboxylic acids is 1. The molecule has 1 N–H and O–H groups in total. The van der Waals surface area contributed by atoms with Gasteiger partial charge in [-0.2, -0.15) is 0 Å². The van der Waals surface area contributed by atoms with Crippen molar-refractivity contribution in [1.29, 1.82) is 0 Å². The lowest BCUT2D eigenvalue weighted by atomic mass is 9.74. The zero-order valence-corrected chi connectivity index (χ0v) is 15.4. The van der Waals surface area contributed by atoms with Crippen molar-refractivity contribution in [3.8, 4) is 0 Å². The summed E-state index contributed by atoms with van der Waals surface area (Å²) in [6, 6.07) is 10.8. The lowest BCUT2D eigenvalue weighted by Gasteiger charge is -2.39. The summed E-state index contributed by atoms with van der Waals surface area (Å²) in [4.78, 5) is 14.8. The summed E-state index contributed by atoms with van der Waals surface area (Å²) in [5.41, 5.74) is 1.28. The van der Waals surface area contributed by atoms with Crippen molar-refractivity contribution in [1.82, 2.24) is 10.2 Å². The highest BCUT2D eigenvalue weighted by Crippen LogP contribution is 2.34. The normalized spacial score (nSPS) is 27.0. The van der Waals surface area contributed by atoms with E-state index >= 15 is 0 Å². The van der Waals surface area contributed by atoms with Crippen LogP contribution in [0.1, 0.15) is 32.3 Å². The van der Waals surface area contributed by atoms with Crippen LogP contribution in [0.3, 0.4) is 0 Å². The summed E-state index contributed by atoms with van der Waals surface area (Å²) in [6.07, 6.45) is 2.08. The van der Waals surface area contributed by atoms with Gasteiger partial charge in [-0.3, -0.25) is 9.69 Å². The summed E-state index contributed by atoms with van der Waals surface area (Å²) < 4.78 is 11.2. The number of ether oxygens (including phenoxy) is 2. The van der Waals surface area contributed by atoms with Crippen LogP contribution >= 0.6 is 0 Å². The van der Waals surface area contributed by atoms with E-state index in [-0.39, 0.29) is 23.5 Å². The molecule has 2 aliphatic rings. The molecule has 0 spiro atoms. The molecule has 2 aliphatic heterocycles. The molecule has 5 heteroatoms. The Balaban J connectivity index is 1.60. The predicted molar refractivity (Wildman–Crippen MR) is 97.6 cm³/mol. The van der Waals surface area contributed by atoms with E-state index in [0.717, 1.165) is 32.6 Å². The summed E-state index contributed by atoms with van der Waals surface area (Å²) >= 11 is 0.